The summed E-state index contributed by atoms with van der Waals surface area (Å²) in [6.07, 6.45) is -4.85. The molecule has 2 N–H and O–H groups in total. The van der Waals surface area contributed by atoms with Gasteiger partial charge in [0.05, 0.1) is 48.6 Å². The summed E-state index contributed by atoms with van der Waals surface area (Å²) in [4.78, 5) is 26.6. The minimum Gasteiger partial charge on any atom is -0.466 e. The number of nitrogens with two attached hydrogens (primary N) is 1. The quantitative estimate of drug-likeness (QED) is 0.510. The predicted molar refractivity (Wildman–Crippen MR) is 116 cm³/mol. The lowest BCUT2D eigenvalue weighted by molar-refractivity contribution is -0.139. The summed E-state index contributed by atoms with van der Waals surface area (Å²) in [5.74, 6) is -5.26. The lowest BCUT2D eigenvalue weighted by Gasteiger charge is -2.36. The van der Waals surface area contributed by atoms with Crippen LogP contribution in [0.4, 0.5) is 23.2 Å². The first-order chi connectivity index (χ1) is 16.5. The molecular weight excluding hydrogens is 470 g/mol. The summed E-state index contributed by atoms with van der Waals surface area (Å²) in [6.45, 7) is 1.09. The third-order valence-corrected chi connectivity index (χ3v) is 5.45. The van der Waals surface area contributed by atoms with Crippen molar-refractivity contribution in [3.05, 3.63) is 87.6 Å². The molecule has 182 valence electrons. The average molecular weight is 489 g/mol. The van der Waals surface area contributed by atoms with Crippen molar-refractivity contribution in [2.24, 2.45) is 5.73 Å². The Morgan fingerprint density at radius 1 is 1.09 bits per heavy atom. The summed E-state index contributed by atoms with van der Waals surface area (Å²) >= 11 is 0. The summed E-state index contributed by atoms with van der Waals surface area (Å²) in [5.41, 5.74) is 3.16. The van der Waals surface area contributed by atoms with Crippen LogP contribution in [0, 0.1) is 24.1 Å². The Hall–Kier alpha value is -4.33. The molecule has 3 rings (SSSR count). The number of hydrogen-bond donors (Lipinski definition) is 1. The molecule has 1 heterocycles. The molecule has 0 aromatic heterocycles. The Morgan fingerprint density at radius 2 is 1.69 bits per heavy atom. The Bertz CT molecular complexity index is 1290. The van der Waals surface area contributed by atoms with Gasteiger partial charge < -0.3 is 15.2 Å². The minimum atomic E-state index is -4.85. The van der Waals surface area contributed by atoms with Crippen LogP contribution in [0.5, 0.6) is 0 Å². The first-order valence-corrected chi connectivity index (χ1v) is 10.0. The zero-order chi connectivity index (χ0) is 26.1. The fourth-order valence-electron chi connectivity index (χ4n) is 3.91. The smallest absolute Gasteiger partial charge is 0.416 e. The number of ether oxygens (including phenoxy) is 2. The van der Waals surface area contributed by atoms with Crippen molar-refractivity contribution in [1.82, 2.24) is 0 Å². The molecule has 1 aliphatic rings. The molecule has 0 spiro atoms. The number of halogens is 4. The maximum Gasteiger partial charge on any atom is 0.416 e. The van der Waals surface area contributed by atoms with Gasteiger partial charge in [-0.25, -0.2) is 14.0 Å². The molecule has 11 heteroatoms. The number of nitriles is 1. The van der Waals surface area contributed by atoms with Crippen LogP contribution in [0.3, 0.4) is 0 Å². The highest BCUT2D eigenvalue weighted by Crippen LogP contribution is 2.44. The van der Waals surface area contributed by atoms with E-state index in [-0.39, 0.29) is 17.2 Å². The standard InChI is InChI=1S/C24H19F4N3O4/c1-12-9-17(16(25)10-15(12)24(26,27)28)31-20(23(33)35-3)19(22(32)34-2)18(14(11-29)21(31)30)13-7-5-4-6-8-13/h4-10,18H,30H2,1-3H3. The lowest BCUT2D eigenvalue weighted by Crippen LogP contribution is -2.41. The SMILES string of the molecule is COC(=O)C1=C(C(=O)OC)N(c2cc(C)c(C(F)(F)F)cc2F)C(N)=C(C#N)C1c1ccccc1. The number of allylic oxidation sites excluding steroid dienone is 1. The van der Waals surface area contributed by atoms with Crippen molar-refractivity contribution < 1.29 is 36.6 Å². The van der Waals surface area contributed by atoms with Gasteiger partial charge in [0.2, 0.25) is 0 Å². The summed E-state index contributed by atoms with van der Waals surface area (Å²) in [6, 6.07) is 11.0. The van der Waals surface area contributed by atoms with E-state index >= 15 is 4.39 Å². The molecule has 1 atom stereocenters. The van der Waals surface area contributed by atoms with E-state index in [0.717, 1.165) is 27.2 Å². The van der Waals surface area contributed by atoms with Gasteiger partial charge in [0, 0.05) is 0 Å². The first kappa shape index (κ1) is 25.3. The van der Waals surface area contributed by atoms with E-state index in [1.165, 1.54) is 0 Å². The van der Waals surface area contributed by atoms with Crippen molar-refractivity contribution >= 4 is 17.6 Å². The van der Waals surface area contributed by atoms with Crippen molar-refractivity contribution in [1.29, 1.82) is 5.26 Å². The molecule has 1 aliphatic heterocycles. The van der Waals surface area contributed by atoms with Gasteiger partial charge in [0.25, 0.3) is 0 Å². The van der Waals surface area contributed by atoms with E-state index in [9.17, 15) is 28.0 Å². The average Bonchev–Trinajstić information content (AvgIpc) is 2.83. The highest BCUT2D eigenvalue weighted by atomic mass is 19.4. The fourth-order valence-corrected chi connectivity index (χ4v) is 3.91. The number of rotatable bonds is 4. The number of methoxy groups -OCH3 is 2. The Labute approximate surface area is 197 Å². The topological polar surface area (TPSA) is 106 Å². The van der Waals surface area contributed by atoms with E-state index in [0.29, 0.717) is 10.5 Å². The number of esters is 2. The fraction of sp³-hybridized carbons (Fsp3) is 0.208. The van der Waals surface area contributed by atoms with Crippen molar-refractivity contribution in [2.75, 3.05) is 19.1 Å². The molecule has 0 bridgehead atoms. The number of nitrogens with zero attached hydrogens (tertiary/aromatic N) is 2. The van der Waals surface area contributed by atoms with Crippen molar-refractivity contribution in [3.63, 3.8) is 0 Å². The number of carbonyl (C=O) groups is 2. The third kappa shape index (κ3) is 4.42. The second kappa shape index (κ2) is 9.50. The number of alkyl halides is 3. The van der Waals surface area contributed by atoms with Crippen molar-refractivity contribution in [3.8, 4) is 6.07 Å². The number of benzene rings is 2. The van der Waals surface area contributed by atoms with Crippen LogP contribution in [0.15, 0.2) is 65.1 Å². The lowest BCUT2D eigenvalue weighted by atomic mass is 9.81. The normalized spacial score (nSPS) is 16.2. The van der Waals surface area contributed by atoms with Gasteiger partial charge in [-0.3, -0.25) is 4.90 Å². The van der Waals surface area contributed by atoms with Crippen LogP contribution in [0.1, 0.15) is 22.6 Å². The van der Waals surface area contributed by atoms with E-state index < -0.39 is 58.2 Å². The summed E-state index contributed by atoms with van der Waals surface area (Å²) in [7, 11) is 2.03. The molecule has 2 aromatic carbocycles. The Kier molecular flexibility index (Phi) is 6.87. The largest absolute Gasteiger partial charge is 0.466 e. The van der Waals surface area contributed by atoms with E-state index in [4.69, 9.17) is 15.2 Å². The van der Waals surface area contributed by atoms with Crippen LogP contribution in [0.25, 0.3) is 0 Å². The molecular formula is C24H19F4N3O4. The maximum absolute atomic E-state index is 15.1. The monoisotopic (exact) mass is 489 g/mol. The highest BCUT2D eigenvalue weighted by molar-refractivity contribution is 6.06. The third-order valence-electron chi connectivity index (χ3n) is 5.45. The zero-order valence-corrected chi connectivity index (χ0v) is 18.7. The van der Waals surface area contributed by atoms with Gasteiger partial charge in [-0.2, -0.15) is 18.4 Å². The zero-order valence-electron chi connectivity index (χ0n) is 18.7. The van der Waals surface area contributed by atoms with E-state index in [1.807, 2.05) is 6.07 Å². The van der Waals surface area contributed by atoms with Crippen LogP contribution < -0.4 is 10.6 Å². The van der Waals surface area contributed by atoms with Crippen LogP contribution in [0.2, 0.25) is 0 Å². The molecule has 0 fully saturated rings. The molecule has 7 nitrogen and oxygen atoms in total. The van der Waals surface area contributed by atoms with Gasteiger partial charge in [0.1, 0.15) is 17.3 Å². The molecule has 35 heavy (non-hydrogen) atoms. The number of anilines is 1. The van der Waals surface area contributed by atoms with E-state index in [2.05, 4.69) is 0 Å². The second-order valence-corrected chi connectivity index (χ2v) is 7.45. The Balaban J connectivity index is 2.44. The minimum absolute atomic E-state index is 0.249. The van der Waals surface area contributed by atoms with Crippen LogP contribution >= 0.6 is 0 Å². The van der Waals surface area contributed by atoms with Gasteiger partial charge >= 0.3 is 18.1 Å². The first-order valence-electron chi connectivity index (χ1n) is 10.0. The molecule has 1 unspecified atom stereocenters. The molecule has 0 aliphatic carbocycles. The second-order valence-electron chi connectivity index (χ2n) is 7.45. The molecule has 0 saturated carbocycles. The van der Waals surface area contributed by atoms with Crippen LogP contribution in [-0.4, -0.2) is 26.2 Å². The number of aryl methyl sites for hydroxylation is 1. The summed E-state index contributed by atoms with van der Waals surface area (Å²) < 4.78 is 64.7. The highest BCUT2D eigenvalue weighted by Gasteiger charge is 2.44. The van der Waals surface area contributed by atoms with Gasteiger partial charge in [-0.05, 0) is 30.2 Å². The molecule has 0 radical (unpaired) electrons. The van der Waals surface area contributed by atoms with Gasteiger partial charge in [0.15, 0.2) is 0 Å². The molecule has 0 amide bonds. The van der Waals surface area contributed by atoms with Crippen molar-refractivity contribution in [2.45, 2.75) is 19.0 Å². The van der Waals surface area contributed by atoms with Gasteiger partial charge in [-0.1, -0.05) is 30.3 Å². The Morgan fingerprint density at radius 3 is 2.20 bits per heavy atom. The molecule has 0 saturated heterocycles. The van der Waals surface area contributed by atoms with E-state index in [1.54, 1.807) is 30.3 Å². The van der Waals surface area contributed by atoms with Gasteiger partial charge in [-0.15, -0.1) is 0 Å². The number of carbonyl (C=O) groups excluding carboxylic acids is 2. The number of hydrogen-bond acceptors (Lipinski definition) is 7. The molecule has 2 aromatic rings. The maximum atomic E-state index is 15.1. The summed E-state index contributed by atoms with van der Waals surface area (Å²) in [5, 5.41) is 9.94. The van der Waals surface area contributed by atoms with Crippen LogP contribution in [-0.2, 0) is 25.2 Å². The predicted octanol–water partition coefficient (Wildman–Crippen LogP) is 4.05.